The van der Waals surface area contributed by atoms with Crippen molar-refractivity contribution in [1.29, 1.82) is 0 Å². The third-order valence-corrected chi connectivity index (χ3v) is 5.89. The summed E-state index contributed by atoms with van der Waals surface area (Å²) < 4.78 is 19.2. The average molecular weight is 479 g/mol. The molecule has 0 spiro atoms. The van der Waals surface area contributed by atoms with Crippen molar-refractivity contribution >= 4 is 39.3 Å². The predicted octanol–water partition coefficient (Wildman–Crippen LogP) is 4.62. The number of ketones is 1. The number of ether oxygens (including phenoxy) is 3. The molecular formula is C21H22INO4. The smallest absolute Gasteiger partial charge is 0.204 e. The monoisotopic (exact) mass is 479 g/mol. The zero-order chi connectivity index (χ0) is 19.6. The molecule has 5 nitrogen and oxygen atoms in total. The van der Waals surface area contributed by atoms with Crippen LogP contribution in [-0.2, 0) is 13.5 Å². The van der Waals surface area contributed by atoms with Crippen LogP contribution in [0.25, 0.3) is 10.9 Å². The topological polar surface area (TPSA) is 49.7 Å². The highest BCUT2D eigenvalue weighted by atomic mass is 127. The molecule has 2 aromatic carbocycles. The van der Waals surface area contributed by atoms with Crippen molar-refractivity contribution in [3.63, 3.8) is 0 Å². The number of hydrogen-bond acceptors (Lipinski definition) is 4. The Labute approximate surface area is 172 Å². The van der Waals surface area contributed by atoms with E-state index in [2.05, 4.69) is 22.6 Å². The number of methoxy groups -OCH3 is 3. The van der Waals surface area contributed by atoms with Crippen LogP contribution in [0.2, 0.25) is 0 Å². The summed E-state index contributed by atoms with van der Waals surface area (Å²) in [4.78, 5) is 12.8. The molecule has 0 saturated carbocycles. The Kier molecular flexibility index (Phi) is 5.94. The first-order chi connectivity index (χ1) is 13.0. The number of para-hydroxylation sites is 1. The van der Waals surface area contributed by atoms with Gasteiger partial charge in [-0.15, -0.1) is 0 Å². The second kappa shape index (κ2) is 8.21. The number of aryl methyl sites for hydroxylation is 2. The van der Waals surface area contributed by atoms with Gasteiger partial charge in [0, 0.05) is 24.4 Å². The molecule has 0 amide bonds. The van der Waals surface area contributed by atoms with Gasteiger partial charge in [-0.1, -0.05) is 18.2 Å². The van der Waals surface area contributed by atoms with Crippen LogP contribution >= 0.6 is 22.6 Å². The van der Waals surface area contributed by atoms with Crippen molar-refractivity contribution in [1.82, 2.24) is 4.57 Å². The Hall–Kier alpha value is -2.22. The molecule has 0 saturated heterocycles. The maximum atomic E-state index is 12.8. The van der Waals surface area contributed by atoms with Crippen LogP contribution in [0.1, 0.15) is 22.5 Å². The third-order valence-electron chi connectivity index (χ3n) is 4.70. The summed E-state index contributed by atoms with van der Waals surface area (Å²) >= 11 is 2.23. The first kappa shape index (κ1) is 19.5. The number of halogens is 1. The van der Waals surface area contributed by atoms with E-state index in [-0.39, 0.29) is 5.78 Å². The quantitative estimate of drug-likeness (QED) is 0.367. The van der Waals surface area contributed by atoms with Gasteiger partial charge in [-0.05, 0) is 52.8 Å². The molecule has 6 heteroatoms. The average Bonchev–Trinajstić information content (AvgIpc) is 3.03. The summed E-state index contributed by atoms with van der Waals surface area (Å²) in [5, 5.41) is 1.07. The molecule has 0 aliphatic carbocycles. The number of aromatic nitrogens is 1. The predicted molar refractivity (Wildman–Crippen MR) is 114 cm³/mol. The van der Waals surface area contributed by atoms with Crippen molar-refractivity contribution < 1.29 is 19.0 Å². The highest BCUT2D eigenvalue weighted by Gasteiger charge is 2.20. The molecule has 0 atom stereocenters. The third kappa shape index (κ3) is 3.63. The Morgan fingerprint density at radius 1 is 1.04 bits per heavy atom. The molecule has 0 unspecified atom stereocenters. The zero-order valence-electron chi connectivity index (χ0n) is 15.8. The van der Waals surface area contributed by atoms with Gasteiger partial charge in [-0.3, -0.25) is 4.79 Å². The number of carbonyl (C=O) groups is 1. The van der Waals surface area contributed by atoms with Crippen LogP contribution < -0.4 is 14.2 Å². The minimum absolute atomic E-state index is 0.109. The zero-order valence-corrected chi connectivity index (χ0v) is 18.0. The van der Waals surface area contributed by atoms with E-state index in [4.69, 9.17) is 14.2 Å². The molecule has 0 aliphatic rings. The van der Waals surface area contributed by atoms with E-state index in [1.807, 2.05) is 48.0 Å². The fourth-order valence-electron chi connectivity index (χ4n) is 3.29. The molecular weight excluding hydrogens is 457 g/mol. The first-order valence-corrected chi connectivity index (χ1v) is 9.64. The van der Waals surface area contributed by atoms with Gasteiger partial charge < -0.3 is 18.8 Å². The molecule has 1 heterocycles. The van der Waals surface area contributed by atoms with Gasteiger partial charge in [-0.25, -0.2) is 0 Å². The number of hydrogen-bond donors (Lipinski definition) is 0. The van der Waals surface area contributed by atoms with Crippen molar-refractivity contribution in [2.45, 2.75) is 12.8 Å². The lowest BCUT2D eigenvalue weighted by molar-refractivity contribution is 0.0975. The van der Waals surface area contributed by atoms with Crippen molar-refractivity contribution in [2.75, 3.05) is 21.3 Å². The minimum Gasteiger partial charge on any atom is -0.493 e. The van der Waals surface area contributed by atoms with Crippen LogP contribution in [0.3, 0.4) is 0 Å². The first-order valence-electron chi connectivity index (χ1n) is 8.56. The van der Waals surface area contributed by atoms with E-state index in [0.29, 0.717) is 30.1 Å². The molecule has 0 bridgehead atoms. The Bertz CT molecular complexity index is 994. The molecule has 0 aliphatic heterocycles. The summed E-state index contributed by atoms with van der Waals surface area (Å²) in [5.74, 6) is 1.90. The number of carbonyl (C=O) groups excluding carboxylic acids is 1. The summed E-state index contributed by atoms with van der Waals surface area (Å²) in [6.07, 6.45) is 0.994. The van der Waals surface area contributed by atoms with E-state index in [9.17, 15) is 4.79 Å². The van der Waals surface area contributed by atoms with Gasteiger partial charge >= 0.3 is 0 Å². The number of rotatable bonds is 7. The second-order valence-electron chi connectivity index (χ2n) is 6.19. The van der Waals surface area contributed by atoms with Gasteiger partial charge in [0.05, 0.1) is 30.6 Å². The fraction of sp³-hybridized carbons (Fsp3) is 0.286. The number of benzene rings is 2. The maximum absolute atomic E-state index is 12.8. The summed E-state index contributed by atoms with van der Waals surface area (Å²) in [6.45, 7) is 0. The largest absolute Gasteiger partial charge is 0.493 e. The Morgan fingerprint density at radius 3 is 2.37 bits per heavy atom. The SMILES string of the molecule is COc1cc(CCC(=O)c2cc3ccccc3n2C)c(I)c(OC)c1OC. The fourth-order valence-corrected chi connectivity index (χ4v) is 4.18. The van der Waals surface area contributed by atoms with Crippen LogP contribution in [0, 0.1) is 3.57 Å². The molecule has 3 rings (SSSR count). The summed E-state index contributed by atoms with van der Waals surface area (Å²) in [6, 6.07) is 11.9. The highest BCUT2D eigenvalue weighted by molar-refractivity contribution is 14.1. The van der Waals surface area contributed by atoms with Crippen molar-refractivity contribution in [2.24, 2.45) is 7.05 Å². The second-order valence-corrected chi connectivity index (χ2v) is 7.27. The summed E-state index contributed by atoms with van der Waals surface area (Å²) in [5.41, 5.74) is 2.78. The lowest BCUT2D eigenvalue weighted by atomic mass is 10.0. The van der Waals surface area contributed by atoms with Crippen LogP contribution in [0.15, 0.2) is 36.4 Å². The summed E-state index contributed by atoms with van der Waals surface area (Å²) in [7, 11) is 6.71. The number of fused-ring (bicyclic) bond motifs is 1. The lowest BCUT2D eigenvalue weighted by Gasteiger charge is -2.16. The Balaban J connectivity index is 1.87. The maximum Gasteiger partial charge on any atom is 0.204 e. The molecule has 3 aromatic rings. The van der Waals surface area contributed by atoms with E-state index in [1.54, 1.807) is 21.3 Å². The molecule has 0 radical (unpaired) electrons. The molecule has 27 heavy (non-hydrogen) atoms. The van der Waals surface area contributed by atoms with E-state index < -0.39 is 0 Å². The van der Waals surface area contributed by atoms with Gasteiger partial charge in [0.1, 0.15) is 0 Å². The van der Waals surface area contributed by atoms with Gasteiger partial charge in [0.25, 0.3) is 0 Å². The van der Waals surface area contributed by atoms with Crippen LogP contribution in [0.5, 0.6) is 17.2 Å². The molecule has 1 aromatic heterocycles. The molecule has 142 valence electrons. The van der Waals surface area contributed by atoms with Gasteiger partial charge in [0.2, 0.25) is 5.75 Å². The normalized spacial score (nSPS) is 10.9. The Morgan fingerprint density at radius 2 is 1.74 bits per heavy atom. The van der Waals surface area contributed by atoms with Crippen LogP contribution in [0.4, 0.5) is 0 Å². The molecule has 0 fully saturated rings. The van der Waals surface area contributed by atoms with Crippen LogP contribution in [-0.4, -0.2) is 31.7 Å². The van der Waals surface area contributed by atoms with Gasteiger partial charge in [0.15, 0.2) is 17.3 Å². The van der Waals surface area contributed by atoms with Gasteiger partial charge in [-0.2, -0.15) is 0 Å². The van der Waals surface area contributed by atoms with Crippen molar-refractivity contribution in [3.8, 4) is 17.2 Å². The minimum atomic E-state index is 0.109. The van der Waals surface area contributed by atoms with E-state index >= 15 is 0 Å². The molecule has 0 N–H and O–H groups in total. The van der Waals surface area contributed by atoms with Crippen molar-refractivity contribution in [3.05, 3.63) is 51.2 Å². The van der Waals surface area contributed by atoms with E-state index in [0.717, 1.165) is 25.7 Å². The standard InChI is InChI=1S/C21H22INO4/c1-23-15-8-6-5-7-13(15)11-16(23)17(24)10-9-14-12-18(25-2)20(26-3)21(27-4)19(14)22/h5-8,11-12H,9-10H2,1-4H3. The number of Topliss-reactive ketones (excluding diaryl/α,β-unsaturated/α-hetero) is 1. The number of nitrogens with zero attached hydrogens (tertiary/aromatic N) is 1. The highest BCUT2D eigenvalue weighted by Crippen LogP contribution is 2.42. The van der Waals surface area contributed by atoms with E-state index in [1.165, 1.54) is 0 Å². The lowest BCUT2D eigenvalue weighted by Crippen LogP contribution is -2.08.